The van der Waals surface area contributed by atoms with Gasteiger partial charge in [-0.2, -0.15) is 0 Å². The number of halogens is 1. The molecule has 0 bridgehead atoms. The molecule has 0 aliphatic heterocycles. The fourth-order valence-corrected chi connectivity index (χ4v) is 2.07. The molecule has 0 saturated heterocycles. The lowest BCUT2D eigenvalue weighted by molar-refractivity contribution is 0.318. The third kappa shape index (κ3) is 3.06. The molecule has 98 valence electrons. The van der Waals surface area contributed by atoms with Crippen molar-refractivity contribution in [3.05, 3.63) is 58.1 Å². The first-order chi connectivity index (χ1) is 9.11. The van der Waals surface area contributed by atoms with Crippen LogP contribution in [-0.4, -0.2) is 11.0 Å². The van der Waals surface area contributed by atoms with Crippen molar-refractivity contribution >= 4 is 21.8 Å². The summed E-state index contributed by atoms with van der Waals surface area (Å²) in [4.78, 5) is 0. The Balaban J connectivity index is 2.44. The Morgan fingerprint density at radius 1 is 1.26 bits per heavy atom. The van der Waals surface area contributed by atoms with Crippen LogP contribution in [0.3, 0.4) is 0 Å². The second-order valence-corrected chi connectivity index (χ2v) is 4.91. The number of para-hydroxylation sites is 1. The molecule has 0 aromatic heterocycles. The topological polar surface area (TPSA) is 67.8 Å². The summed E-state index contributed by atoms with van der Waals surface area (Å²) in [5.41, 5.74) is 7.12. The van der Waals surface area contributed by atoms with Crippen molar-refractivity contribution in [2.75, 3.05) is 0 Å². The van der Waals surface area contributed by atoms with Crippen molar-refractivity contribution in [3.63, 3.8) is 0 Å². The normalized spacial score (nSPS) is 11.4. The zero-order chi connectivity index (χ0) is 13.8. The van der Waals surface area contributed by atoms with E-state index >= 15 is 0 Å². The zero-order valence-corrected chi connectivity index (χ0v) is 11.9. The molecular formula is C14H13BrN2O2. The fraction of sp³-hybridized carbons (Fsp3) is 0.0714. The highest BCUT2D eigenvalue weighted by Crippen LogP contribution is 2.30. The quantitative estimate of drug-likeness (QED) is 0.392. The van der Waals surface area contributed by atoms with Gasteiger partial charge < -0.3 is 15.7 Å². The number of hydrogen-bond donors (Lipinski definition) is 2. The van der Waals surface area contributed by atoms with E-state index in [2.05, 4.69) is 21.1 Å². The lowest BCUT2D eigenvalue weighted by atomic mass is 10.1. The van der Waals surface area contributed by atoms with Gasteiger partial charge in [-0.15, -0.1) is 0 Å². The minimum atomic E-state index is 0.0219. The summed E-state index contributed by atoms with van der Waals surface area (Å²) in [5.74, 6) is 1.28. The molecule has 0 atom stereocenters. The monoisotopic (exact) mass is 320 g/mol. The molecule has 0 aliphatic carbocycles. The highest BCUT2D eigenvalue weighted by molar-refractivity contribution is 9.10. The van der Waals surface area contributed by atoms with Crippen molar-refractivity contribution in [1.82, 2.24) is 0 Å². The van der Waals surface area contributed by atoms with Crippen LogP contribution in [-0.2, 0) is 0 Å². The average Bonchev–Trinajstić information content (AvgIpc) is 2.40. The van der Waals surface area contributed by atoms with E-state index < -0.39 is 0 Å². The van der Waals surface area contributed by atoms with Crippen molar-refractivity contribution in [1.29, 1.82) is 0 Å². The van der Waals surface area contributed by atoms with Gasteiger partial charge in [0, 0.05) is 4.47 Å². The van der Waals surface area contributed by atoms with Crippen LogP contribution in [0.15, 0.2) is 52.1 Å². The van der Waals surface area contributed by atoms with Crippen molar-refractivity contribution in [2.45, 2.75) is 6.92 Å². The van der Waals surface area contributed by atoms with E-state index in [0.29, 0.717) is 17.1 Å². The molecular weight excluding hydrogens is 308 g/mol. The van der Waals surface area contributed by atoms with Gasteiger partial charge in [-0.3, -0.25) is 0 Å². The molecule has 0 unspecified atom stereocenters. The molecule has 2 aromatic rings. The highest BCUT2D eigenvalue weighted by atomic mass is 79.9. The number of amidine groups is 1. The van der Waals surface area contributed by atoms with E-state index in [1.165, 1.54) is 0 Å². The van der Waals surface area contributed by atoms with Crippen molar-refractivity contribution in [3.8, 4) is 11.5 Å². The predicted molar refractivity (Wildman–Crippen MR) is 77.9 cm³/mol. The smallest absolute Gasteiger partial charge is 0.173 e. The number of ether oxygens (including phenoxy) is 1. The average molecular weight is 321 g/mol. The van der Waals surface area contributed by atoms with E-state index in [9.17, 15) is 0 Å². The molecule has 3 N–H and O–H groups in total. The van der Waals surface area contributed by atoms with Crippen LogP contribution in [0.2, 0.25) is 0 Å². The first-order valence-corrected chi connectivity index (χ1v) is 6.42. The standard InChI is InChI=1S/C14H13BrN2O2/c1-9-4-2-7-12(14(16)17-18)13(9)19-11-6-3-5-10(15)8-11/h2-8,18H,1H3,(H2,16,17). The summed E-state index contributed by atoms with van der Waals surface area (Å²) >= 11 is 3.39. The molecule has 19 heavy (non-hydrogen) atoms. The fourth-order valence-electron chi connectivity index (χ4n) is 1.69. The molecule has 0 fully saturated rings. The third-order valence-electron chi connectivity index (χ3n) is 2.61. The van der Waals surface area contributed by atoms with Crippen LogP contribution in [0.5, 0.6) is 11.5 Å². The summed E-state index contributed by atoms with van der Waals surface area (Å²) in [7, 11) is 0. The maximum Gasteiger partial charge on any atom is 0.173 e. The van der Waals surface area contributed by atoms with Gasteiger partial charge >= 0.3 is 0 Å². The summed E-state index contributed by atoms with van der Waals surface area (Å²) < 4.78 is 6.76. The van der Waals surface area contributed by atoms with E-state index in [-0.39, 0.29) is 5.84 Å². The molecule has 0 amide bonds. The summed E-state index contributed by atoms with van der Waals surface area (Å²) in [6.07, 6.45) is 0. The number of nitrogens with two attached hydrogens (primary N) is 1. The van der Waals surface area contributed by atoms with Crippen molar-refractivity contribution in [2.24, 2.45) is 10.9 Å². The Morgan fingerprint density at radius 2 is 2.00 bits per heavy atom. The number of aryl methyl sites for hydroxylation is 1. The summed E-state index contributed by atoms with van der Waals surface area (Å²) in [6, 6.07) is 13.0. The number of oxime groups is 1. The van der Waals surface area contributed by atoms with Gasteiger partial charge in [-0.1, -0.05) is 39.3 Å². The second kappa shape index (κ2) is 5.75. The van der Waals surface area contributed by atoms with Crippen LogP contribution in [0.25, 0.3) is 0 Å². The van der Waals surface area contributed by atoms with Crippen LogP contribution >= 0.6 is 15.9 Å². The molecule has 2 aromatic carbocycles. The number of benzene rings is 2. The van der Waals surface area contributed by atoms with Gasteiger partial charge in [0.05, 0.1) is 5.56 Å². The van der Waals surface area contributed by atoms with E-state index in [1.54, 1.807) is 6.07 Å². The van der Waals surface area contributed by atoms with Gasteiger partial charge in [0.15, 0.2) is 5.84 Å². The van der Waals surface area contributed by atoms with Gasteiger partial charge in [-0.25, -0.2) is 0 Å². The molecule has 0 spiro atoms. The Morgan fingerprint density at radius 3 is 2.68 bits per heavy atom. The Labute approximate surface area is 119 Å². The molecule has 5 heteroatoms. The number of rotatable bonds is 3. The molecule has 0 saturated carbocycles. The van der Waals surface area contributed by atoms with Gasteiger partial charge in [0.25, 0.3) is 0 Å². The van der Waals surface area contributed by atoms with Crippen LogP contribution in [0.1, 0.15) is 11.1 Å². The largest absolute Gasteiger partial charge is 0.456 e. The van der Waals surface area contributed by atoms with Gasteiger partial charge in [-0.05, 0) is 36.8 Å². The van der Waals surface area contributed by atoms with Gasteiger partial charge in [0.2, 0.25) is 0 Å². The summed E-state index contributed by atoms with van der Waals surface area (Å²) in [6.45, 7) is 1.90. The second-order valence-electron chi connectivity index (χ2n) is 4.00. The van der Waals surface area contributed by atoms with E-state index in [0.717, 1.165) is 10.0 Å². The highest BCUT2D eigenvalue weighted by Gasteiger charge is 2.12. The van der Waals surface area contributed by atoms with Crippen LogP contribution in [0, 0.1) is 6.92 Å². The number of hydrogen-bond acceptors (Lipinski definition) is 3. The first-order valence-electron chi connectivity index (χ1n) is 5.62. The molecule has 4 nitrogen and oxygen atoms in total. The van der Waals surface area contributed by atoms with E-state index in [1.807, 2.05) is 43.3 Å². The molecule has 0 aliphatic rings. The minimum absolute atomic E-state index is 0.0219. The van der Waals surface area contributed by atoms with Gasteiger partial charge in [0.1, 0.15) is 11.5 Å². The molecule has 2 rings (SSSR count). The van der Waals surface area contributed by atoms with Crippen LogP contribution in [0.4, 0.5) is 0 Å². The third-order valence-corrected chi connectivity index (χ3v) is 3.10. The minimum Gasteiger partial charge on any atom is -0.456 e. The van der Waals surface area contributed by atoms with Crippen LogP contribution < -0.4 is 10.5 Å². The van der Waals surface area contributed by atoms with E-state index in [4.69, 9.17) is 15.7 Å². The maximum atomic E-state index is 8.81. The SMILES string of the molecule is Cc1cccc(/C(N)=N/O)c1Oc1cccc(Br)c1. The lowest BCUT2D eigenvalue weighted by Gasteiger charge is -2.13. The molecule has 0 radical (unpaired) electrons. The molecule has 0 heterocycles. The Kier molecular flexibility index (Phi) is 4.06. The summed E-state index contributed by atoms with van der Waals surface area (Å²) in [5, 5.41) is 11.8. The Bertz CT molecular complexity index is 627. The predicted octanol–water partition coefficient (Wildman–Crippen LogP) is 3.64. The zero-order valence-electron chi connectivity index (χ0n) is 10.3. The Hall–Kier alpha value is -2.01. The number of nitrogens with zero attached hydrogens (tertiary/aromatic N) is 1. The van der Waals surface area contributed by atoms with Crippen molar-refractivity contribution < 1.29 is 9.94 Å². The first kappa shape index (κ1) is 13.4. The maximum absolute atomic E-state index is 8.81. The lowest BCUT2D eigenvalue weighted by Crippen LogP contribution is -2.14.